The Morgan fingerprint density at radius 2 is 1.95 bits per heavy atom. The van der Waals surface area contributed by atoms with Crippen LogP contribution in [0.15, 0.2) is 40.9 Å². The molecular weight excluding hydrogens is 326 g/mol. The highest BCUT2D eigenvalue weighted by molar-refractivity contribution is 9.10. The molecule has 4 heteroatoms. The molecule has 2 aromatic carbocycles. The molecule has 19 heavy (non-hydrogen) atoms. The summed E-state index contributed by atoms with van der Waals surface area (Å²) in [5.41, 5.74) is 3.03. The number of anilines is 1. The highest BCUT2D eigenvalue weighted by atomic mass is 79.9. The maximum atomic E-state index is 9.41. The van der Waals surface area contributed by atoms with E-state index in [0.29, 0.717) is 0 Å². The fraction of sp³-hybridized carbons (Fsp3) is 0.200. The second-order valence-corrected chi connectivity index (χ2v) is 5.85. The lowest BCUT2D eigenvalue weighted by Crippen LogP contribution is -2.08. The lowest BCUT2D eigenvalue weighted by Gasteiger charge is -2.19. The lowest BCUT2D eigenvalue weighted by atomic mass is 10.1. The molecular formula is C15H15BrClNO. The Morgan fingerprint density at radius 3 is 2.58 bits per heavy atom. The number of phenolic OH excluding ortho intramolecular Hbond substituents is 1. The van der Waals surface area contributed by atoms with Crippen LogP contribution in [0.3, 0.4) is 0 Å². The Bertz CT molecular complexity index is 601. The number of phenols is 1. The Kier molecular flexibility index (Phi) is 4.38. The smallest absolute Gasteiger partial charge is 0.115 e. The van der Waals surface area contributed by atoms with E-state index < -0.39 is 0 Å². The van der Waals surface area contributed by atoms with E-state index in [4.69, 9.17) is 11.6 Å². The molecule has 0 aliphatic heterocycles. The van der Waals surface area contributed by atoms with Crippen LogP contribution in [0.2, 0.25) is 5.02 Å². The van der Waals surface area contributed by atoms with Crippen molar-refractivity contribution in [2.75, 3.05) is 5.32 Å². The molecule has 2 N–H and O–H groups in total. The highest BCUT2D eigenvalue weighted by Crippen LogP contribution is 2.30. The third kappa shape index (κ3) is 3.43. The summed E-state index contributed by atoms with van der Waals surface area (Å²) < 4.78 is 0.967. The van der Waals surface area contributed by atoms with E-state index in [0.717, 1.165) is 26.3 Å². The Hall–Kier alpha value is -1.19. The monoisotopic (exact) mass is 339 g/mol. The van der Waals surface area contributed by atoms with Gasteiger partial charge in [0.2, 0.25) is 0 Å². The molecule has 2 nitrogen and oxygen atoms in total. The fourth-order valence-electron chi connectivity index (χ4n) is 1.97. The summed E-state index contributed by atoms with van der Waals surface area (Å²) >= 11 is 9.64. The zero-order valence-corrected chi connectivity index (χ0v) is 13.1. The van der Waals surface area contributed by atoms with Crippen molar-refractivity contribution in [1.82, 2.24) is 0 Å². The summed E-state index contributed by atoms with van der Waals surface area (Å²) in [5, 5.41) is 13.5. The summed E-state index contributed by atoms with van der Waals surface area (Å²) in [4.78, 5) is 0. The van der Waals surface area contributed by atoms with Crippen molar-refractivity contribution in [3.8, 4) is 5.75 Å². The standard InChI is InChI=1S/C15H15BrClNO/c1-9-7-12(19)4-6-15(9)18-10(2)13-5-3-11(16)8-14(13)17/h3-8,10,18-19H,1-2H3. The van der Waals surface area contributed by atoms with Crippen LogP contribution < -0.4 is 5.32 Å². The van der Waals surface area contributed by atoms with Crippen LogP contribution in [0, 0.1) is 6.92 Å². The topological polar surface area (TPSA) is 32.3 Å². The van der Waals surface area contributed by atoms with Crippen molar-refractivity contribution in [2.24, 2.45) is 0 Å². The Labute approximate surface area is 126 Å². The van der Waals surface area contributed by atoms with Crippen LogP contribution in [0.25, 0.3) is 0 Å². The normalized spacial score (nSPS) is 12.2. The van der Waals surface area contributed by atoms with Crippen LogP contribution in [-0.4, -0.2) is 5.11 Å². The minimum atomic E-state index is 0.0869. The summed E-state index contributed by atoms with van der Waals surface area (Å²) in [6, 6.07) is 11.2. The van der Waals surface area contributed by atoms with Gasteiger partial charge in [0.1, 0.15) is 5.75 Å². The van der Waals surface area contributed by atoms with E-state index in [9.17, 15) is 5.11 Å². The van der Waals surface area contributed by atoms with E-state index in [2.05, 4.69) is 28.2 Å². The van der Waals surface area contributed by atoms with E-state index in [1.165, 1.54) is 0 Å². The molecule has 0 amide bonds. The van der Waals surface area contributed by atoms with Gasteiger partial charge in [-0.05, 0) is 55.3 Å². The molecule has 0 saturated heterocycles. The first-order chi connectivity index (χ1) is 8.97. The molecule has 0 spiro atoms. The van der Waals surface area contributed by atoms with Gasteiger partial charge in [-0.25, -0.2) is 0 Å². The van der Waals surface area contributed by atoms with Crippen LogP contribution >= 0.6 is 27.5 Å². The van der Waals surface area contributed by atoms with Gasteiger partial charge in [-0.15, -0.1) is 0 Å². The van der Waals surface area contributed by atoms with Crippen molar-refractivity contribution >= 4 is 33.2 Å². The maximum absolute atomic E-state index is 9.41. The molecule has 0 aromatic heterocycles. The summed E-state index contributed by atoms with van der Waals surface area (Å²) in [5.74, 6) is 0.275. The first kappa shape index (κ1) is 14.2. The molecule has 1 atom stereocenters. The zero-order valence-electron chi connectivity index (χ0n) is 10.7. The highest BCUT2D eigenvalue weighted by Gasteiger charge is 2.11. The number of aryl methyl sites for hydroxylation is 1. The molecule has 0 aliphatic rings. The molecule has 2 rings (SSSR count). The molecule has 100 valence electrons. The molecule has 0 fully saturated rings. The van der Waals surface area contributed by atoms with Gasteiger partial charge < -0.3 is 10.4 Å². The Morgan fingerprint density at radius 1 is 1.21 bits per heavy atom. The molecule has 2 aromatic rings. The fourth-order valence-corrected chi connectivity index (χ4v) is 2.81. The van der Waals surface area contributed by atoms with Crippen LogP contribution in [0.4, 0.5) is 5.69 Å². The molecule has 0 bridgehead atoms. The minimum absolute atomic E-state index is 0.0869. The average molecular weight is 341 g/mol. The molecule has 0 aliphatic carbocycles. The lowest BCUT2D eigenvalue weighted by molar-refractivity contribution is 0.475. The Balaban J connectivity index is 2.23. The predicted octanol–water partition coefficient (Wildman–Crippen LogP) is 5.29. The largest absolute Gasteiger partial charge is 0.508 e. The van der Waals surface area contributed by atoms with Gasteiger partial charge in [-0.2, -0.15) is 0 Å². The van der Waals surface area contributed by atoms with Gasteiger partial charge in [0.05, 0.1) is 6.04 Å². The van der Waals surface area contributed by atoms with Crippen molar-refractivity contribution in [3.63, 3.8) is 0 Å². The van der Waals surface area contributed by atoms with Gasteiger partial charge in [-0.3, -0.25) is 0 Å². The average Bonchev–Trinajstić information content (AvgIpc) is 2.32. The summed E-state index contributed by atoms with van der Waals surface area (Å²) in [6.07, 6.45) is 0. The zero-order chi connectivity index (χ0) is 14.0. The van der Waals surface area contributed by atoms with Crippen LogP contribution in [0.1, 0.15) is 24.1 Å². The van der Waals surface area contributed by atoms with E-state index in [1.54, 1.807) is 12.1 Å². The first-order valence-electron chi connectivity index (χ1n) is 5.98. The van der Waals surface area contributed by atoms with Crippen molar-refractivity contribution in [2.45, 2.75) is 19.9 Å². The number of hydrogen-bond acceptors (Lipinski definition) is 2. The van der Waals surface area contributed by atoms with Crippen molar-refractivity contribution < 1.29 is 5.11 Å². The molecule has 0 saturated carbocycles. The quantitative estimate of drug-likeness (QED) is 0.744. The minimum Gasteiger partial charge on any atom is -0.508 e. The van der Waals surface area contributed by atoms with Crippen molar-refractivity contribution in [1.29, 1.82) is 0 Å². The van der Waals surface area contributed by atoms with Gasteiger partial charge >= 0.3 is 0 Å². The summed E-state index contributed by atoms with van der Waals surface area (Å²) in [6.45, 7) is 4.01. The van der Waals surface area contributed by atoms with Gasteiger partial charge in [0.25, 0.3) is 0 Å². The molecule has 1 unspecified atom stereocenters. The van der Waals surface area contributed by atoms with Gasteiger partial charge in [0, 0.05) is 15.2 Å². The second kappa shape index (κ2) is 5.85. The van der Waals surface area contributed by atoms with Gasteiger partial charge in [-0.1, -0.05) is 33.6 Å². The first-order valence-corrected chi connectivity index (χ1v) is 7.15. The molecule has 0 radical (unpaired) electrons. The SMILES string of the molecule is Cc1cc(O)ccc1NC(C)c1ccc(Br)cc1Cl. The molecule has 0 heterocycles. The van der Waals surface area contributed by atoms with E-state index >= 15 is 0 Å². The predicted molar refractivity (Wildman–Crippen MR) is 84.0 cm³/mol. The van der Waals surface area contributed by atoms with Crippen LogP contribution in [0.5, 0.6) is 5.75 Å². The number of rotatable bonds is 3. The number of aromatic hydroxyl groups is 1. The maximum Gasteiger partial charge on any atom is 0.115 e. The van der Waals surface area contributed by atoms with Crippen LogP contribution in [-0.2, 0) is 0 Å². The third-order valence-electron chi connectivity index (χ3n) is 3.01. The number of nitrogens with one attached hydrogen (secondary N) is 1. The second-order valence-electron chi connectivity index (χ2n) is 4.53. The number of hydrogen-bond donors (Lipinski definition) is 2. The number of halogens is 2. The summed E-state index contributed by atoms with van der Waals surface area (Å²) in [7, 11) is 0. The van der Waals surface area contributed by atoms with E-state index in [-0.39, 0.29) is 11.8 Å². The van der Waals surface area contributed by atoms with E-state index in [1.807, 2.05) is 31.2 Å². The van der Waals surface area contributed by atoms with Gasteiger partial charge in [0.15, 0.2) is 0 Å². The number of benzene rings is 2. The van der Waals surface area contributed by atoms with Crippen molar-refractivity contribution in [3.05, 3.63) is 57.0 Å². The third-order valence-corrected chi connectivity index (χ3v) is 3.83.